The van der Waals surface area contributed by atoms with Gasteiger partial charge in [-0.1, -0.05) is 30.3 Å². The van der Waals surface area contributed by atoms with Gasteiger partial charge in [-0.25, -0.2) is 0 Å². The number of rotatable bonds is 10. The maximum absolute atomic E-state index is 5.67. The molecule has 0 N–H and O–H groups in total. The van der Waals surface area contributed by atoms with E-state index in [2.05, 4.69) is 0 Å². The van der Waals surface area contributed by atoms with Crippen molar-refractivity contribution in [2.45, 2.75) is 19.6 Å². The summed E-state index contributed by atoms with van der Waals surface area (Å²) in [6.45, 7) is 4.23. The molecule has 0 unspecified atom stereocenters. The summed E-state index contributed by atoms with van der Waals surface area (Å²) in [5.41, 5.74) is 1.17. The number of methoxy groups -OCH3 is 1. The minimum atomic E-state index is 0.0115. The van der Waals surface area contributed by atoms with Gasteiger partial charge in [0.1, 0.15) is 18.1 Å². The predicted octanol–water partition coefficient (Wildman–Crippen LogP) is 3.70. The first kappa shape index (κ1) is 17.3. The van der Waals surface area contributed by atoms with Crippen LogP contribution in [0.3, 0.4) is 0 Å². The quantitative estimate of drug-likeness (QED) is 0.626. The topological polar surface area (TPSA) is 36.9 Å². The lowest BCUT2D eigenvalue weighted by molar-refractivity contribution is -0.00948. The Bertz CT molecular complexity index is 539. The Hall–Kier alpha value is -2.04. The van der Waals surface area contributed by atoms with Gasteiger partial charge in [-0.05, 0) is 36.8 Å². The average molecular weight is 316 g/mol. The summed E-state index contributed by atoms with van der Waals surface area (Å²) in [5.74, 6) is 1.62. The third-order valence-electron chi connectivity index (χ3n) is 3.29. The number of benzene rings is 2. The van der Waals surface area contributed by atoms with Crippen LogP contribution < -0.4 is 9.47 Å². The van der Waals surface area contributed by atoms with Crippen LogP contribution in [0, 0.1) is 0 Å². The molecule has 1 atom stereocenters. The van der Waals surface area contributed by atoms with E-state index in [1.54, 1.807) is 7.11 Å². The Kier molecular flexibility index (Phi) is 7.43. The zero-order valence-corrected chi connectivity index (χ0v) is 13.7. The highest BCUT2D eigenvalue weighted by Crippen LogP contribution is 2.17. The molecule has 0 saturated heterocycles. The highest BCUT2D eigenvalue weighted by Gasteiger charge is 2.04. The molecule has 0 aliphatic heterocycles. The van der Waals surface area contributed by atoms with Crippen molar-refractivity contribution in [3.05, 3.63) is 60.2 Å². The summed E-state index contributed by atoms with van der Waals surface area (Å²) in [7, 11) is 1.64. The highest BCUT2D eigenvalue weighted by molar-refractivity contribution is 5.31. The molecule has 2 aromatic carbocycles. The highest BCUT2D eigenvalue weighted by atomic mass is 16.5. The van der Waals surface area contributed by atoms with E-state index >= 15 is 0 Å². The zero-order valence-electron chi connectivity index (χ0n) is 13.7. The zero-order chi connectivity index (χ0) is 16.3. The second kappa shape index (κ2) is 9.87. The third kappa shape index (κ3) is 6.72. The summed E-state index contributed by atoms with van der Waals surface area (Å²) < 4.78 is 22.0. The molecule has 0 saturated carbocycles. The van der Waals surface area contributed by atoms with Crippen LogP contribution in [-0.2, 0) is 16.1 Å². The fourth-order valence-corrected chi connectivity index (χ4v) is 2.01. The molecule has 0 bridgehead atoms. The van der Waals surface area contributed by atoms with Crippen LogP contribution in [-0.4, -0.2) is 33.0 Å². The van der Waals surface area contributed by atoms with Crippen molar-refractivity contribution in [3.8, 4) is 11.5 Å². The van der Waals surface area contributed by atoms with Crippen molar-refractivity contribution in [2.24, 2.45) is 0 Å². The van der Waals surface area contributed by atoms with E-state index in [0.29, 0.717) is 26.4 Å². The van der Waals surface area contributed by atoms with Crippen LogP contribution in [0.2, 0.25) is 0 Å². The number of ether oxygens (including phenoxy) is 4. The van der Waals surface area contributed by atoms with Crippen molar-refractivity contribution in [1.82, 2.24) is 0 Å². The van der Waals surface area contributed by atoms with E-state index in [1.807, 2.05) is 61.5 Å². The molecule has 23 heavy (non-hydrogen) atoms. The van der Waals surface area contributed by atoms with Gasteiger partial charge in [-0.3, -0.25) is 0 Å². The van der Waals surface area contributed by atoms with Crippen LogP contribution in [0.5, 0.6) is 11.5 Å². The molecular formula is C19H24O4. The Labute approximate surface area is 137 Å². The fraction of sp³-hybridized carbons (Fsp3) is 0.368. The maximum Gasteiger partial charge on any atom is 0.119 e. The predicted molar refractivity (Wildman–Crippen MR) is 90.0 cm³/mol. The van der Waals surface area contributed by atoms with Gasteiger partial charge in [0.15, 0.2) is 0 Å². The fourth-order valence-electron chi connectivity index (χ4n) is 2.01. The molecule has 4 nitrogen and oxygen atoms in total. The Morgan fingerprint density at radius 1 is 0.870 bits per heavy atom. The normalized spacial score (nSPS) is 11.9. The molecule has 0 aliphatic rings. The van der Waals surface area contributed by atoms with Gasteiger partial charge >= 0.3 is 0 Å². The smallest absolute Gasteiger partial charge is 0.119 e. The molecule has 4 heteroatoms. The molecule has 0 aliphatic carbocycles. The molecule has 0 amide bonds. The van der Waals surface area contributed by atoms with Crippen LogP contribution in [0.15, 0.2) is 54.6 Å². The van der Waals surface area contributed by atoms with Crippen LogP contribution in [0.25, 0.3) is 0 Å². The number of hydrogen-bond donors (Lipinski definition) is 0. The largest absolute Gasteiger partial charge is 0.497 e. The Morgan fingerprint density at radius 2 is 1.57 bits per heavy atom. The summed E-state index contributed by atoms with van der Waals surface area (Å²) in [5, 5.41) is 0. The molecule has 0 heterocycles. The van der Waals surface area contributed by atoms with Crippen molar-refractivity contribution < 1.29 is 18.9 Å². The summed E-state index contributed by atoms with van der Waals surface area (Å²) in [6.07, 6.45) is 0.0115. The van der Waals surface area contributed by atoms with Gasteiger partial charge in [-0.15, -0.1) is 0 Å². The molecule has 2 aromatic rings. The molecule has 0 spiro atoms. The first-order valence-electron chi connectivity index (χ1n) is 7.78. The summed E-state index contributed by atoms with van der Waals surface area (Å²) >= 11 is 0. The second-order valence-electron chi connectivity index (χ2n) is 5.21. The van der Waals surface area contributed by atoms with Gasteiger partial charge in [0, 0.05) is 0 Å². The Balaban J connectivity index is 1.55. The molecule has 0 radical (unpaired) electrons. The van der Waals surface area contributed by atoms with Crippen molar-refractivity contribution in [2.75, 3.05) is 26.9 Å². The van der Waals surface area contributed by atoms with Gasteiger partial charge in [0.2, 0.25) is 0 Å². The van der Waals surface area contributed by atoms with Gasteiger partial charge in [-0.2, -0.15) is 0 Å². The minimum absolute atomic E-state index is 0.0115. The minimum Gasteiger partial charge on any atom is -0.497 e. The molecule has 0 aromatic heterocycles. The van der Waals surface area contributed by atoms with Crippen molar-refractivity contribution in [1.29, 1.82) is 0 Å². The number of hydrogen-bond acceptors (Lipinski definition) is 4. The van der Waals surface area contributed by atoms with Crippen molar-refractivity contribution in [3.63, 3.8) is 0 Å². The molecule has 0 fully saturated rings. The summed E-state index contributed by atoms with van der Waals surface area (Å²) in [6, 6.07) is 17.6. The Morgan fingerprint density at radius 3 is 2.26 bits per heavy atom. The molecular weight excluding hydrogens is 292 g/mol. The van der Waals surface area contributed by atoms with E-state index in [0.717, 1.165) is 11.5 Å². The lowest BCUT2D eigenvalue weighted by Gasteiger charge is -2.14. The van der Waals surface area contributed by atoms with Gasteiger partial charge in [0.05, 0.1) is 33.0 Å². The summed E-state index contributed by atoms with van der Waals surface area (Å²) in [4.78, 5) is 0. The van der Waals surface area contributed by atoms with E-state index in [4.69, 9.17) is 18.9 Å². The van der Waals surface area contributed by atoms with Gasteiger partial charge < -0.3 is 18.9 Å². The lowest BCUT2D eigenvalue weighted by Crippen LogP contribution is -2.20. The standard InChI is InChI=1S/C19H24O4/c1-16(14-23-19-10-8-18(20-2)9-11-19)22-13-12-21-15-17-6-4-3-5-7-17/h3-11,16H,12-15H2,1-2H3/t16-/m0/s1. The van der Waals surface area contributed by atoms with Crippen LogP contribution in [0.1, 0.15) is 12.5 Å². The molecule has 124 valence electrons. The third-order valence-corrected chi connectivity index (χ3v) is 3.29. The van der Waals surface area contributed by atoms with E-state index in [9.17, 15) is 0 Å². The monoisotopic (exact) mass is 316 g/mol. The lowest BCUT2D eigenvalue weighted by atomic mass is 10.2. The first-order valence-corrected chi connectivity index (χ1v) is 7.78. The SMILES string of the molecule is COc1ccc(OC[C@H](C)OCCOCc2ccccc2)cc1. The average Bonchev–Trinajstić information content (AvgIpc) is 2.61. The molecule has 2 rings (SSSR count). The van der Waals surface area contributed by atoms with E-state index in [1.165, 1.54) is 5.56 Å². The van der Waals surface area contributed by atoms with Crippen LogP contribution >= 0.6 is 0 Å². The first-order chi connectivity index (χ1) is 11.3. The van der Waals surface area contributed by atoms with Gasteiger partial charge in [0.25, 0.3) is 0 Å². The van der Waals surface area contributed by atoms with E-state index in [-0.39, 0.29) is 6.10 Å². The maximum atomic E-state index is 5.67. The van der Waals surface area contributed by atoms with E-state index < -0.39 is 0 Å². The van der Waals surface area contributed by atoms with Crippen LogP contribution in [0.4, 0.5) is 0 Å². The second-order valence-corrected chi connectivity index (χ2v) is 5.21. The van der Waals surface area contributed by atoms with Crippen molar-refractivity contribution >= 4 is 0 Å².